The highest BCUT2D eigenvalue weighted by Crippen LogP contribution is 2.47. The predicted octanol–water partition coefficient (Wildman–Crippen LogP) is 4.92. The Hall–Kier alpha value is -3.68. The van der Waals surface area contributed by atoms with Crippen LogP contribution in [-0.4, -0.2) is 46.0 Å². The maximum Gasteiger partial charge on any atom is 0.310 e. The average molecular weight is 485 g/mol. The van der Waals surface area contributed by atoms with E-state index in [4.69, 9.17) is 28.4 Å². The number of benzene rings is 2. The van der Waals surface area contributed by atoms with E-state index in [2.05, 4.69) is 6.58 Å². The lowest BCUT2D eigenvalue weighted by Crippen LogP contribution is -2.32. The van der Waals surface area contributed by atoms with Crippen molar-refractivity contribution in [2.75, 3.05) is 28.1 Å². The standard InChI is InChI=1S/C27H32O8/c1-8-9-18(26(29)35-27(2,3)4)24(16-10-22(30-5)25(32-7)23(11-16)31-6)19-13-21-20(33-15-34-21)12-17(19)14-28/h8,10-14,18,24H,1,9,15H2,2-7H3/t18-,24+/m0/s1. The van der Waals surface area contributed by atoms with Crippen molar-refractivity contribution in [1.82, 2.24) is 0 Å². The molecule has 0 N–H and O–H groups in total. The predicted molar refractivity (Wildman–Crippen MR) is 130 cm³/mol. The van der Waals surface area contributed by atoms with Gasteiger partial charge in [-0.05, 0) is 62.6 Å². The molecule has 0 bridgehead atoms. The van der Waals surface area contributed by atoms with E-state index in [1.54, 1.807) is 30.3 Å². The van der Waals surface area contributed by atoms with Crippen LogP contribution < -0.4 is 23.7 Å². The van der Waals surface area contributed by atoms with E-state index in [1.165, 1.54) is 21.3 Å². The molecule has 35 heavy (non-hydrogen) atoms. The van der Waals surface area contributed by atoms with Crippen LogP contribution in [0.25, 0.3) is 0 Å². The molecule has 0 fully saturated rings. The number of rotatable bonds is 10. The number of hydrogen-bond acceptors (Lipinski definition) is 8. The molecule has 0 amide bonds. The minimum absolute atomic E-state index is 0.0497. The molecule has 1 heterocycles. The number of carbonyl (C=O) groups is 2. The number of ether oxygens (including phenoxy) is 6. The first kappa shape index (κ1) is 25.9. The second-order valence-electron chi connectivity index (χ2n) is 9.05. The Bertz CT molecular complexity index is 1070. The summed E-state index contributed by atoms with van der Waals surface area (Å²) < 4.78 is 33.4. The van der Waals surface area contributed by atoms with E-state index >= 15 is 0 Å². The third-order valence-corrected chi connectivity index (χ3v) is 5.62. The molecule has 0 saturated carbocycles. The molecule has 0 unspecified atom stereocenters. The molecule has 1 aliphatic rings. The van der Waals surface area contributed by atoms with E-state index in [0.717, 1.165) is 6.29 Å². The fourth-order valence-corrected chi connectivity index (χ4v) is 4.18. The van der Waals surface area contributed by atoms with Crippen LogP contribution in [0.15, 0.2) is 36.9 Å². The van der Waals surface area contributed by atoms with Crippen LogP contribution in [0.3, 0.4) is 0 Å². The lowest BCUT2D eigenvalue weighted by atomic mass is 9.77. The van der Waals surface area contributed by atoms with Gasteiger partial charge in [0.25, 0.3) is 0 Å². The van der Waals surface area contributed by atoms with Crippen molar-refractivity contribution in [3.05, 3.63) is 53.6 Å². The van der Waals surface area contributed by atoms with Crippen molar-refractivity contribution in [2.45, 2.75) is 38.7 Å². The lowest BCUT2D eigenvalue weighted by Gasteiger charge is -2.31. The van der Waals surface area contributed by atoms with E-state index in [1.807, 2.05) is 20.8 Å². The molecule has 188 valence electrons. The number of esters is 1. The summed E-state index contributed by atoms with van der Waals surface area (Å²) in [6.45, 7) is 9.32. The van der Waals surface area contributed by atoms with Crippen LogP contribution in [-0.2, 0) is 9.53 Å². The van der Waals surface area contributed by atoms with Gasteiger partial charge in [0.1, 0.15) is 11.9 Å². The highest BCUT2D eigenvalue weighted by atomic mass is 16.7. The van der Waals surface area contributed by atoms with E-state index in [9.17, 15) is 9.59 Å². The van der Waals surface area contributed by atoms with Gasteiger partial charge in [0, 0.05) is 11.5 Å². The van der Waals surface area contributed by atoms with E-state index in [-0.39, 0.29) is 6.79 Å². The molecule has 1 aliphatic heterocycles. The van der Waals surface area contributed by atoms with Gasteiger partial charge in [-0.15, -0.1) is 6.58 Å². The summed E-state index contributed by atoms with van der Waals surface area (Å²) in [7, 11) is 4.55. The fourth-order valence-electron chi connectivity index (χ4n) is 4.18. The van der Waals surface area contributed by atoms with Crippen LogP contribution in [0, 0.1) is 5.92 Å². The van der Waals surface area contributed by atoms with Crippen molar-refractivity contribution in [3.8, 4) is 28.7 Å². The molecule has 0 saturated heterocycles. The zero-order valence-electron chi connectivity index (χ0n) is 21.0. The number of fused-ring (bicyclic) bond motifs is 1. The van der Waals surface area contributed by atoms with E-state index < -0.39 is 23.4 Å². The smallest absolute Gasteiger partial charge is 0.310 e. The van der Waals surface area contributed by atoms with Crippen LogP contribution in [0.1, 0.15) is 54.6 Å². The Labute approximate surface area is 205 Å². The minimum atomic E-state index is -0.714. The van der Waals surface area contributed by atoms with Crippen molar-refractivity contribution in [3.63, 3.8) is 0 Å². The molecule has 0 aliphatic carbocycles. The molecule has 8 heteroatoms. The van der Waals surface area contributed by atoms with Gasteiger partial charge in [0.05, 0.1) is 27.2 Å². The van der Waals surface area contributed by atoms with Crippen molar-refractivity contribution in [2.24, 2.45) is 5.92 Å². The summed E-state index contributed by atoms with van der Waals surface area (Å²) in [5.74, 6) is 0.437. The summed E-state index contributed by atoms with van der Waals surface area (Å²) in [5, 5.41) is 0. The maximum absolute atomic E-state index is 13.5. The molecule has 2 aromatic carbocycles. The second kappa shape index (κ2) is 10.7. The minimum Gasteiger partial charge on any atom is -0.493 e. The quantitative estimate of drug-likeness (QED) is 0.267. The van der Waals surface area contributed by atoms with Gasteiger partial charge < -0.3 is 28.4 Å². The lowest BCUT2D eigenvalue weighted by molar-refractivity contribution is -0.160. The molecule has 8 nitrogen and oxygen atoms in total. The second-order valence-corrected chi connectivity index (χ2v) is 9.05. The number of allylic oxidation sites excluding steroid dienone is 1. The summed E-state index contributed by atoms with van der Waals surface area (Å²) in [6.07, 6.45) is 2.69. The highest BCUT2D eigenvalue weighted by molar-refractivity contribution is 5.82. The first-order valence-electron chi connectivity index (χ1n) is 11.2. The average Bonchev–Trinajstić information content (AvgIpc) is 3.28. The summed E-state index contributed by atoms with van der Waals surface area (Å²) >= 11 is 0. The van der Waals surface area contributed by atoms with E-state index in [0.29, 0.717) is 51.9 Å². The van der Waals surface area contributed by atoms with Crippen LogP contribution in [0.4, 0.5) is 0 Å². The van der Waals surface area contributed by atoms with Gasteiger partial charge in [-0.1, -0.05) is 6.08 Å². The van der Waals surface area contributed by atoms with Crippen molar-refractivity contribution < 1.29 is 38.0 Å². The summed E-state index contributed by atoms with van der Waals surface area (Å²) in [6, 6.07) is 6.90. The van der Waals surface area contributed by atoms with Crippen molar-refractivity contribution >= 4 is 12.3 Å². The summed E-state index contributed by atoms with van der Waals surface area (Å²) in [4.78, 5) is 25.7. The van der Waals surface area contributed by atoms with Gasteiger partial charge in [-0.3, -0.25) is 9.59 Å². The Kier molecular flexibility index (Phi) is 7.94. The largest absolute Gasteiger partial charge is 0.493 e. The zero-order valence-corrected chi connectivity index (χ0v) is 21.0. The molecule has 0 aromatic heterocycles. The molecule has 3 rings (SSSR count). The third kappa shape index (κ3) is 5.53. The fraction of sp³-hybridized carbons (Fsp3) is 0.407. The molecule has 2 aromatic rings. The molecular weight excluding hydrogens is 452 g/mol. The van der Waals surface area contributed by atoms with Gasteiger partial charge in [0.15, 0.2) is 23.0 Å². The summed E-state index contributed by atoms with van der Waals surface area (Å²) in [5.41, 5.74) is 0.902. The molecule has 2 atom stereocenters. The number of aldehydes is 1. The Morgan fingerprint density at radius 1 is 1.03 bits per heavy atom. The highest BCUT2D eigenvalue weighted by Gasteiger charge is 2.37. The van der Waals surface area contributed by atoms with Crippen LogP contribution in [0.2, 0.25) is 0 Å². The van der Waals surface area contributed by atoms with Crippen LogP contribution in [0.5, 0.6) is 28.7 Å². The Balaban J connectivity index is 2.31. The molecule has 0 spiro atoms. The van der Waals surface area contributed by atoms with Crippen molar-refractivity contribution in [1.29, 1.82) is 0 Å². The monoisotopic (exact) mass is 484 g/mol. The normalized spacial score (nSPS) is 14.0. The number of carbonyl (C=O) groups excluding carboxylic acids is 2. The first-order valence-corrected chi connectivity index (χ1v) is 11.2. The Morgan fingerprint density at radius 2 is 1.63 bits per heavy atom. The third-order valence-electron chi connectivity index (χ3n) is 5.62. The van der Waals surface area contributed by atoms with Gasteiger partial charge >= 0.3 is 5.97 Å². The topological polar surface area (TPSA) is 89.5 Å². The maximum atomic E-state index is 13.5. The van der Waals surface area contributed by atoms with Gasteiger partial charge in [-0.25, -0.2) is 0 Å². The first-order chi connectivity index (χ1) is 16.7. The Morgan fingerprint density at radius 3 is 2.11 bits per heavy atom. The van der Waals surface area contributed by atoms with Crippen LogP contribution >= 0.6 is 0 Å². The SMILES string of the molecule is C=CC[C@H](C(=O)OC(C)(C)C)[C@@H](c1cc(OC)c(OC)c(OC)c1)c1cc2c(cc1C=O)OCO2. The molecule has 0 radical (unpaired) electrons. The molecular formula is C27H32O8. The number of hydrogen-bond donors (Lipinski definition) is 0. The van der Waals surface area contributed by atoms with Gasteiger partial charge in [0.2, 0.25) is 12.5 Å². The zero-order chi connectivity index (χ0) is 25.8. The number of methoxy groups -OCH3 is 3. The van der Waals surface area contributed by atoms with Gasteiger partial charge in [-0.2, -0.15) is 0 Å².